The molecular weight excluding hydrogens is 536 g/mol. The molecule has 2 atom stereocenters. The zero-order valence-electron chi connectivity index (χ0n) is 21.2. The van der Waals surface area contributed by atoms with E-state index >= 15 is 0 Å². The monoisotopic (exact) mass is 562 g/mol. The number of β-lactam (4-membered cyclic amide) rings is 1. The van der Waals surface area contributed by atoms with Crippen molar-refractivity contribution in [3.63, 3.8) is 0 Å². The van der Waals surface area contributed by atoms with Crippen molar-refractivity contribution in [2.45, 2.75) is 51.6 Å². The molecule has 1 fully saturated rings. The van der Waals surface area contributed by atoms with Crippen molar-refractivity contribution >= 4 is 47.1 Å². The van der Waals surface area contributed by atoms with Gasteiger partial charge in [0.15, 0.2) is 5.76 Å². The minimum atomic E-state index is -1.30. The lowest BCUT2D eigenvalue weighted by Gasteiger charge is -2.49. The number of aliphatic carboxylic acids is 1. The van der Waals surface area contributed by atoms with Crippen molar-refractivity contribution in [3.8, 4) is 5.75 Å². The second-order valence-corrected chi connectivity index (χ2v) is 10.8. The molecule has 0 aliphatic carbocycles. The molecule has 2 amide bonds. The van der Waals surface area contributed by atoms with Gasteiger partial charge in [0.25, 0.3) is 11.8 Å². The van der Waals surface area contributed by atoms with Crippen molar-refractivity contribution in [1.82, 2.24) is 10.2 Å². The van der Waals surface area contributed by atoms with E-state index in [-0.39, 0.29) is 36.3 Å². The maximum Gasteiger partial charge on any atom is 0.352 e. The van der Waals surface area contributed by atoms with Crippen LogP contribution in [0.4, 0.5) is 0 Å². The number of hydrogen-bond donors (Lipinski definition) is 2. The summed E-state index contributed by atoms with van der Waals surface area (Å²) >= 11 is 7.53. The Labute approximate surface area is 228 Å². The molecule has 202 valence electrons. The van der Waals surface area contributed by atoms with Crippen LogP contribution in [0.2, 0.25) is 5.02 Å². The Morgan fingerprint density at radius 2 is 2.00 bits per heavy atom. The molecule has 0 spiro atoms. The topological polar surface area (TPSA) is 135 Å². The van der Waals surface area contributed by atoms with Gasteiger partial charge in [0.2, 0.25) is 0 Å². The van der Waals surface area contributed by atoms with E-state index in [1.165, 1.54) is 24.8 Å². The van der Waals surface area contributed by atoms with Crippen LogP contribution in [0.5, 0.6) is 5.75 Å². The SMILES string of the molecule is CC(=O)OCC1=C(C(=O)O)N2C(=O)[C@H](NC(=O)c3ccc(COc4cc(C)c(Cl)cc4C(C)C)o3)[C@H]2SC1. The smallest absolute Gasteiger partial charge is 0.352 e. The van der Waals surface area contributed by atoms with E-state index in [0.29, 0.717) is 22.1 Å². The first-order valence-electron chi connectivity index (χ1n) is 11.8. The number of halogens is 1. The predicted octanol–water partition coefficient (Wildman–Crippen LogP) is 3.86. The van der Waals surface area contributed by atoms with Crippen molar-refractivity contribution < 1.29 is 38.2 Å². The normalized spacial score (nSPS) is 18.7. The van der Waals surface area contributed by atoms with Crippen LogP contribution in [-0.2, 0) is 25.7 Å². The number of fused-ring (bicyclic) bond motifs is 1. The molecule has 10 nitrogen and oxygen atoms in total. The minimum Gasteiger partial charge on any atom is -0.485 e. The molecule has 1 saturated heterocycles. The molecule has 0 unspecified atom stereocenters. The highest BCUT2D eigenvalue weighted by Gasteiger charge is 2.54. The third-order valence-corrected chi connectivity index (χ3v) is 7.90. The number of carboxylic acid groups (broad SMARTS) is 1. The quantitative estimate of drug-likeness (QED) is 0.345. The average molecular weight is 563 g/mol. The van der Waals surface area contributed by atoms with Gasteiger partial charge < -0.3 is 24.3 Å². The van der Waals surface area contributed by atoms with Crippen molar-refractivity contribution in [2.75, 3.05) is 12.4 Å². The van der Waals surface area contributed by atoms with Crippen LogP contribution >= 0.6 is 23.4 Å². The second-order valence-electron chi connectivity index (χ2n) is 9.25. The first-order chi connectivity index (χ1) is 18.0. The molecule has 38 heavy (non-hydrogen) atoms. The molecule has 2 N–H and O–H groups in total. The summed E-state index contributed by atoms with van der Waals surface area (Å²) in [6.45, 7) is 7.04. The van der Waals surface area contributed by atoms with Crippen molar-refractivity contribution in [2.24, 2.45) is 0 Å². The van der Waals surface area contributed by atoms with Crippen molar-refractivity contribution in [3.05, 3.63) is 63.2 Å². The number of carboxylic acids is 1. The highest BCUT2D eigenvalue weighted by Crippen LogP contribution is 2.40. The van der Waals surface area contributed by atoms with Crippen LogP contribution in [-0.4, -0.2) is 57.5 Å². The molecule has 1 aromatic heterocycles. The van der Waals surface area contributed by atoms with E-state index in [1.54, 1.807) is 6.07 Å². The molecule has 2 aliphatic rings. The number of aryl methyl sites for hydroxylation is 1. The molecular formula is C26H27ClN2O8S. The number of ether oxygens (including phenoxy) is 2. The molecule has 3 heterocycles. The van der Waals surface area contributed by atoms with Gasteiger partial charge >= 0.3 is 11.9 Å². The molecule has 12 heteroatoms. The lowest BCUT2D eigenvalue weighted by atomic mass is 10.0. The lowest BCUT2D eigenvalue weighted by Crippen LogP contribution is -2.70. The Hall–Kier alpha value is -3.44. The fourth-order valence-corrected chi connectivity index (χ4v) is 5.67. The van der Waals surface area contributed by atoms with Gasteiger partial charge in [-0.1, -0.05) is 25.4 Å². The van der Waals surface area contributed by atoms with Gasteiger partial charge in [0, 0.05) is 23.3 Å². The molecule has 4 rings (SSSR count). The summed E-state index contributed by atoms with van der Waals surface area (Å²) in [7, 11) is 0. The predicted molar refractivity (Wildman–Crippen MR) is 139 cm³/mol. The average Bonchev–Trinajstić information content (AvgIpc) is 3.34. The number of amides is 2. The Kier molecular flexibility index (Phi) is 8.08. The van der Waals surface area contributed by atoms with Gasteiger partial charge in [-0.2, -0.15) is 0 Å². The summed E-state index contributed by atoms with van der Waals surface area (Å²) in [6, 6.07) is 5.92. The highest BCUT2D eigenvalue weighted by molar-refractivity contribution is 8.00. The standard InChI is InChI=1S/C26H27ClN2O8S/c1-12(2)17-8-18(27)13(3)7-20(17)36-10-16-5-6-19(37-16)23(31)28-21-24(32)29-22(26(33)34)15(9-35-14(4)30)11-38-25(21)29/h5-8,12,21,25H,9-11H2,1-4H3,(H,28,31)(H,33,34)/t21-,25+/m0/s1. The number of benzene rings is 1. The van der Waals surface area contributed by atoms with Gasteiger partial charge in [0.1, 0.15) is 41.8 Å². The number of nitrogens with one attached hydrogen (secondary N) is 1. The van der Waals surface area contributed by atoms with E-state index in [0.717, 1.165) is 16.0 Å². The highest BCUT2D eigenvalue weighted by atomic mass is 35.5. The first-order valence-corrected chi connectivity index (χ1v) is 13.3. The third-order valence-electron chi connectivity index (χ3n) is 6.15. The van der Waals surface area contributed by atoms with E-state index < -0.39 is 35.2 Å². The number of thioether (sulfide) groups is 1. The Bertz CT molecular complexity index is 1330. The molecule has 0 bridgehead atoms. The fraction of sp³-hybridized carbons (Fsp3) is 0.385. The lowest BCUT2D eigenvalue weighted by molar-refractivity contribution is -0.149. The molecule has 0 radical (unpaired) electrons. The van der Waals surface area contributed by atoms with Crippen LogP contribution in [0.1, 0.15) is 54.1 Å². The van der Waals surface area contributed by atoms with Gasteiger partial charge in [0.05, 0.1) is 0 Å². The van der Waals surface area contributed by atoms with Crippen LogP contribution < -0.4 is 10.1 Å². The summed E-state index contributed by atoms with van der Waals surface area (Å²) in [5, 5.41) is 12.3. The zero-order valence-corrected chi connectivity index (χ0v) is 22.8. The number of hydrogen-bond acceptors (Lipinski definition) is 8. The van der Waals surface area contributed by atoms with Gasteiger partial charge in [-0.3, -0.25) is 19.3 Å². The number of carbonyl (C=O) groups excluding carboxylic acids is 3. The summed E-state index contributed by atoms with van der Waals surface area (Å²) < 4.78 is 16.5. The minimum absolute atomic E-state index is 0.00317. The van der Waals surface area contributed by atoms with Crippen LogP contribution in [0, 0.1) is 6.92 Å². The molecule has 0 saturated carbocycles. The largest absolute Gasteiger partial charge is 0.485 e. The Morgan fingerprint density at radius 1 is 1.26 bits per heavy atom. The maximum atomic E-state index is 12.8. The number of carbonyl (C=O) groups is 4. The Balaban J connectivity index is 1.40. The van der Waals surface area contributed by atoms with Crippen LogP contribution in [0.15, 0.2) is 40.0 Å². The summed E-state index contributed by atoms with van der Waals surface area (Å²) in [6.07, 6.45) is 0. The number of furan rings is 1. The number of nitrogens with zero attached hydrogens (tertiary/aromatic N) is 1. The van der Waals surface area contributed by atoms with E-state index in [9.17, 15) is 24.3 Å². The van der Waals surface area contributed by atoms with Crippen molar-refractivity contribution in [1.29, 1.82) is 0 Å². The van der Waals surface area contributed by atoms with Crippen LogP contribution in [0.3, 0.4) is 0 Å². The first kappa shape index (κ1) is 27.6. The van der Waals surface area contributed by atoms with Gasteiger partial charge in [-0.25, -0.2) is 4.79 Å². The molecule has 2 aromatic rings. The Morgan fingerprint density at radius 3 is 2.66 bits per heavy atom. The second kappa shape index (κ2) is 11.1. The van der Waals surface area contributed by atoms with Gasteiger partial charge in [-0.15, -0.1) is 11.8 Å². The number of rotatable bonds is 9. The van der Waals surface area contributed by atoms with E-state index in [2.05, 4.69) is 5.32 Å². The molecule has 1 aromatic carbocycles. The summed E-state index contributed by atoms with van der Waals surface area (Å²) in [5.41, 5.74) is 1.93. The number of esters is 1. The van der Waals surface area contributed by atoms with E-state index in [1.807, 2.05) is 32.9 Å². The summed E-state index contributed by atoms with van der Waals surface area (Å²) in [4.78, 5) is 49.7. The maximum absolute atomic E-state index is 12.8. The fourth-order valence-electron chi connectivity index (χ4n) is 4.17. The summed E-state index contributed by atoms with van der Waals surface area (Å²) in [5.74, 6) is -1.52. The molecule has 2 aliphatic heterocycles. The third kappa shape index (κ3) is 5.53. The van der Waals surface area contributed by atoms with Gasteiger partial charge in [-0.05, 0) is 48.2 Å². The zero-order chi connectivity index (χ0) is 27.7. The van der Waals surface area contributed by atoms with Crippen LogP contribution in [0.25, 0.3) is 0 Å². The van der Waals surface area contributed by atoms with E-state index in [4.69, 9.17) is 25.5 Å².